The van der Waals surface area contributed by atoms with Crippen molar-refractivity contribution in [3.63, 3.8) is 0 Å². The van der Waals surface area contributed by atoms with E-state index in [1.54, 1.807) is 0 Å². The maximum atomic E-state index is 12.5. The largest absolute Gasteiger partial charge is 0.368 e. The molecule has 1 aromatic carbocycles. The first-order valence-corrected chi connectivity index (χ1v) is 8.48. The maximum Gasteiger partial charge on any atom is 0.251 e. The summed E-state index contributed by atoms with van der Waals surface area (Å²) in [7, 11) is 0. The van der Waals surface area contributed by atoms with Crippen LogP contribution in [0.5, 0.6) is 0 Å². The van der Waals surface area contributed by atoms with Gasteiger partial charge in [0.15, 0.2) is 0 Å². The van der Waals surface area contributed by atoms with Crippen molar-refractivity contribution in [3.8, 4) is 0 Å². The Morgan fingerprint density at radius 2 is 2.09 bits per heavy atom. The number of benzene rings is 1. The molecule has 3 aliphatic heterocycles. The number of rotatable bonds is 1. The molecule has 4 heteroatoms. The highest BCUT2D eigenvalue weighted by molar-refractivity contribution is 5.81. The average Bonchev–Trinajstić information content (AvgIpc) is 3.10. The lowest BCUT2D eigenvalue weighted by Crippen LogP contribution is -2.53. The molecule has 118 valence electrons. The minimum atomic E-state index is -0.175. The highest BCUT2D eigenvalue weighted by Gasteiger charge is 2.41. The van der Waals surface area contributed by atoms with Crippen LogP contribution in [0.1, 0.15) is 36.8 Å². The van der Waals surface area contributed by atoms with E-state index in [0.717, 1.165) is 58.5 Å². The van der Waals surface area contributed by atoms with Gasteiger partial charge in [-0.3, -0.25) is 4.79 Å². The van der Waals surface area contributed by atoms with Crippen molar-refractivity contribution in [2.75, 3.05) is 26.2 Å². The second-order valence-electron chi connectivity index (χ2n) is 6.87. The number of piperidine rings is 1. The zero-order chi connectivity index (χ0) is 15.0. The molecule has 22 heavy (non-hydrogen) atoms. The van der Waals surface area contributed by atoms with E-state index < -0.39 is 0 Å². The lowest BCUT2D eigenvalue weighted by Gasteiger charge is -2.46. The predicted octanol–water partition coefficient (Wildman–Crippen LogP) is 1.83. The molecule has 0 aliphatic carbocycles. The Morgan fingerprint density at radius 3 is 2.86 bits per heavy atom. The molecule has 1 amide bonds. The van der Waals surface area contributed by atoms with Gasteiger partial charge in [0.25, 0.3) is 5.91 Å². The zero-order valence-corrected chi connectivity index (χ0v) is 13.0. The predicted molar refractivity (Wildman–Crippen MR) is 84.6 cm³/mol. The zero-order valence-electron chi connectivity index (χ0n) is 13.0. The van der Waals surface area contributed by atoms with Crippen molar-refractivity contribution in [1.82, 2.24) is 10.2 Å². The topological polar surface area (TPSA) is 41.6 Å². The third kappa shape index (κ3) is 2.34. The molecule has 0 radical (unpaired) electrons. The molecule has 3 heterocycles. The standard InChI is InChI=1S/C18H24N2O2/c21-17(16-6-3-11-22-16)20-9-7-18(8-10-20)13-19-12-14-4-1-2-5-15(14)18/h1-2,4-5,16,19H,3,6-13H2/t16-/m1/s1. The summed E-state index contributed by atoms with van der Waals surface area (Å²) in [4.78, 5) is 14.5. The Kier molecular flexibility index (Phi) is 3.66. The van der Waals surface area contributed by atoms with Crippen molar-refractivity contribution < 1.29 is 9.53 Å². The van der Waals surface area contributed by atoms with E-state index >= 15 is 0 Å². The van der Waals surface area contributed by atoms with E-state index in [2.05, 4.69) is 29.6 Å². The number of ether oxygens (including phenoxy) is 1. The maximum absolute atomic E-state index is 12.5. The molecule has 1 spiro atoms. The normalized spacial score (nSPS) is 26.9. The molecule has 1 aromatic rings. The minimum absolute atomic E-state index is 0.175. The number of carbonyl (C=O) groups excluding carboxylic acids is 1. The first-order valence-electron chi connectivity index (χ1n) is 8.48. The van der Waals surface area contributed by atoms with Crippen LogP contribution < -0.4 is 5.32 Å². The molecule has 4 nitrogen and oxygen atoms in total. The Labute approximate surface area is 131 Å². The Bertz CT molecular complexity index is 558. The Hall–Kier alpha value is -1.39. The summed E-state index contributed by atoms with van der Waals surface area (Å²) in [6, 6.07) is 8.78. The van der Waals surface area contributed by atoms with Crippen LogP contribution in [0.15, 0.2) is 24.3 Å². The van der Waals surface area contributed by atoms with Crippen LogP contribution in [0.2, 0.25) is 0 Å². The molecule has 3 aliphatic rings. The van der Waals surface area contributed by atoms with Crippen molar-refractivity contribution in [3.05, 3.63) is 35.4 Å². The minimum Gasteiger partial charge on any atom is -0.368 e. The van der Waals surface area contributed by atoms with Gasteiger partial charge in [-0.05, 0) is 36.8 Å². The van der Waals surface area contributed by atoms with Gasteiger partial charge in [0.05, 0.1) is 0 Å². The van der Waals surface area contributed by atoms with E-state index in [9.17, 15) is 4.79 Å². The van der Waals surface area contributed by atoms with Crippen LogP contribution in [-0.4, -0.2) is 43.2 Å². The summed E-state index contributed by atoms with van der Waals surface area (Å²) in [5, 5.41) is 3.57. The lowest BCUT2D eigenvalue weighted by atomic mass is 9.69. The lowest BCUT2D eigenvalue weighted by molar-refractivity contribution is -0.142. The summed E-state index contributed by atoms with van der Waals surface area (Å²) < 4.78 is 5.56. The molecule has 0 bridgehead atoms. The molecule has 2 saturated heterocycles. The van der Waals surface area contributed by atoms with Crippen LogP contribution in [0.3, 0.4) is 0 Å². The quantitative estimate of drug-likeness (QED) is 0.860. The third-order valence-corrected chi connectivity index (χ3v) is 5.60. The van der Waals surface area contributed by atoms with Gasteiger partial charge in [-0.15, -0.1) is 0 Å². The number of fused-ring (bicyclic) bond motifs is 2. The molecular formula is C18H24N2O2. The number of amides is 1. The number of carbonyl (C=O) groups is 1. The number of likely N-dealkylation sites (tertiary alicyclic amines) is 1. The van der Waals surface area contributed by atoms with Crippen molar-refractivity contribution >= 4 is 5.91 Å². The Balaban J connectivity index is 1.49. The summed E-state index contributed by atoms with van der Waals surface area (Å²) in [6.45, 7) is 4.46. The molecule has 0 aromatic heterocycles. The molecule has 1 atom stereocenters. The van der Waals surface area contributed by atoms with Crippen molar-refractivity contribution in [1.29, 1.82) is 0 Å². The fourth-order valence-electron chi connectivity index (χ4n) is 4.30. The van der Waals surface area contributed by atoms with E-state index in [-0.39, 0.29) is 17.4 Å². The summed E-state index contributed by atoms with van der Waals surface area (Å²) in [6.07, 6.45) is 3.84. The number of nitrogens with zero attached hydrogens (tertiary/aromatic N) is 1. The van der Waals surface area contributed by atoms with E-state index in [4.69, 9.17) is 4.74 Å². The third-order valence-electron chi connectivity index (χ3n) is 5.60. The number of nitrogens with one attached hydrogen (secondary N) is 1. The SMILES string of the molecule is O=C([C@H]1CCCO1)N1CCC2(CC1)CNCc1ccccc12. The van der Waals surface area contributed by atoms with Gasteiger partial charge < -0.3 is 15.0 Å². The average molecular weight is 300 g/mol. The number of hydrogen-bond acceptors (Lipinski definition) is 3. The van der Waals surface area contributed by atoms with Crippen LogP contribution in [0.25, 0.3) is 0 Å². The molecule has 2 fully saturated rings. The second kappa shape index (κ2) is 5.67. The van der Waals surface area contributed by atoms with Crippen LogP contribution >= 0.6 is 0 Å². The van der Waals surface area contributed by atoms with Crippen LogP contribution in [0, 0.1) is 0 Å². The highest BCUT2D eigenvalue weighted by atomic mass is 16.5. The van der Waals surface area contributed by atoms with Gasteiger partial charge >= 0.3 is 0 Å². The summed E-state index contributed by atoms with van der Waals surface area (Å²) in [5.41, 5.74) is 3.13. The van der Waals surface area contributed by atoms with Crippen molar-refractivity contribution in [2.24, 2.45) is 0 Å². The smallest absolute Gasteiger partial charge is 0.251 e. The first-order chi connectivity index (χ1) is 10.8. The van der Waals surface area contributed by atoms with Crippen LogP contribution in [-0.2, 0) is 21.5 Å². The Morgan fingerprint density at radius 1 is 1.27 bits per heavy atom. The first kappa shape index (κ1) is 14.2. The van der Waals surface area contributed by atoms with Crippen LogP contribution in [0.4, 0.5) is 0 Å². The molecule has 1 N–H and O–H groups in total. The highest BCUT2D eigenvalue weighted by Crippen LogP contribution is 2.39. The summed E-state index contributed by atoms with van der Waals surface area (Å²) in [5.74, 6) is 0.212. The molecular weight excluding hydrogens is 276 g/mol. The molecule has 0 saturated carbocycles. The monoisotopic (exact) mass is 300 g/mol. The molecule has 0 unspecified atom stereocenters. The van der Waals surface area contributed by atoms with E-state index in [1.807, 2.05) is 4.90 Å². The van der Waals surface area contributed by atoms with Gasteiger partial charge in [0.2, 0.25) is 0 Å². The second-order valence-corrected chi connectivity index (χ2v) is 6.87. The van der Waals surface area contributed by atoms with E-state index in [1.165, 1.54) is 11.1 Å². The van der Waals surface area contributed by atoms with Gasteiger partial charge in [-0.25, -0.2) is 0 Å². The van der Waals surface area contributed by atoms with Gasteiger partial charge in [0, 0.05) is 38.2 Å². The molecule has 4 rings (SSSR count). The number of hydrogen-bond donors (Lipinski definition) is 1. The summed E-state index contributed by atoms with van der Waals surface area (Å²) >= 11 is 0. The fraction of sp³-hybridized carbons (Fsp3) is 0.611. The van der Waals surface area contributed by atoms with E-state index in [0.29, 0.717) is 0 Å². The fourth-order valence-corrected chi connectivity index (χ4v) is 4.30. The van der Waals surface area contributed by atoms with Gasteiger partial charge in [-0.2, -0.15) is 0 Å². The van der Waals surface area contributed by atoms with Gasteiger partial charge in [-0.1, -0.05) is 24.3 Å². The van der Waals surface area contributed by atoms with Gasteiger partial charge in [0.1, 0.15) is 6.10 Å². The van der Waals surface area contributed by atoms with Crippen molar-refractivity contribution in [2.45, 2.75) is 43.7 Å².